The highest BCUT2D eigenvalue weighted by atomic mass is 15.2. The summed E-state index contributed by atoms with van der Waals surface area (Å²) in [7, 11) is 6.40. The van der Waals surface area contributed by atoms with E-state index >= 15 is 0 Å². The van der Waals surface area contributed by atoms with Crippen molar-refractivity contribution in [3.8, 4) is 0 Å². The highest BCUT2D eigenvalue weighted by Crippen LogP contribution is 2.31. The number of hydrogen-bond donors (Lipinski definition) is 1. The van der Waals surface area contributed by atoms with E-state index in [1.807, 2.05) is 0 Å². The summed E-state index contributed by atoms with van der Waals surface area (Å²) in [5.74, 6) is 0.848. The molecule has 3 atom stereocenters. The van der Waals surface area contributed by atoms with Crippen LogP contribution in [0.25, 0.3) is 0 Å². The van der Waals surface area contributed by atoms with Crippen LogP contribution in [0.1, 0.15) is 44.2 Å². The van der Waals surface area contributed by atoms with E-state index in [0.717, 1.165) is 5.92 Å². The van der Waals surface area contributed by atoms with Crippen LogP contribution >= 0.6 is 0 Å². The predicted octanol–water partition coefficient (Wildman–Crippen LogP) is 3.26. The van der Waals surface area contributed by atoms with E-state index in [-0.39, 0.29) is 0 Å². The number of benzene rings is 1. The summed E-state index contributed by atoms with van der Waals surface area (Å²) in [4.78, 5) is 4.65. The first-order chi connectivity index (χ1) is 10.0. The van der Waals surface area contributed by atoms with E-state index in [1.165, 1.54) is 36.9 Å². The third-order valence-corrected chi connectivity index (χ3v) is 4.99. The number of anilines is 1. The molecule has 0 bridgehead atoms. The molecule has 0 aromatic heterocycles. The van der Waals surface area contributed by atoms with Crippen LogP contribution in [0.15, 0.2) is 24.3 Å². The Labute approximate surface area is 130 Å². The molecular weight excluding hydrogens is 258 g/mol. The monoisotopic (exact) mass is 289 g/mol. The molecule has 3 heteroatoms. The second kappa shape index (κ2) is 7.28. The maximum atomic E-state index is 6.09. The first kappa shape index (κ1) is 16.3. The molecule has 0 heterocycles. The average molecular weight is 289 g/mol. The topological polar surface area (TPSA) is 32.5 Å². The summed E-state index contributed by atoms with van der Waals surface area (Å²) >= 11 is 0. The van der Waals surface area contributed by atoms with Crippen LogP contribution in [-0.4, -0.2) is 38.6 Å². The summed E-state index contributed by atoms with van der Waals surface area (Å²) in [6.45, 7) is 3.06. The fraction of sp³-hybridized carbons (Fsp3) is 0.667. The van der Waals surface area contributed by atoms with E-state index in [9.17, 15) is 0 Å². The van der Waals surface area contributed by atoms with E-state index in [4.69, 9.17) is 5.73 Å². The molecule has 3 unspecified atom stereocenters. The standard InChI is InChI=1S/C18H31N3/c1-14-6-5-7-17(12-14)21(4)18(13-19)15-8-10-16(11-9-15)20(2)3/h8-11,14,17-18H,5-7,12-13,19H2,1-4H3. The van der Waals surface area contributed by atoms with E-state index in [2.05, 4.69) is 62.1 Å². The second-order valence-corrected chi connectivity index (χ2v) is 6.83. The van der Waals surface area contributed by atoms with Gasteiger partial charge in [-0.1, -0.05) is 31.9 Å². The Morgan fingerprint density at radius 2 is 1.81 bits per heavy atom. The first-order valence-corrected chi connectivity index (χ1v) is 8.22. The number of hydrogen-bond acceptors (Lipinski definition) is 3. The van der Waals surface area contributed by atoms with Crippen LogP contribution < -0.4 is 10.6 Å². The molecule has 0 spiro atoms. The van der Waals surface area contributed by atoms with E-state index in [1.54, 1.807) is 0 Å². The lowest BCUT2D eigenvalue weighted by molar-refractivity contribution is 0.121. The van der Waals surface area contributed by atoms with Gasteiger partial charge >= 0.3 is 0 Å². The average Bonchev–Trinajstić information content (AvgIpc) is 2.48. The van der Waals surface area contributed by atoms with Crippen LogP contribution in [0.5, 0.6) is 0 Å². The Morgan fingerprint density at radius 3 is 2.33 bits per heavy atom. The lowest BCUT2D eigenvalue weighted by Gasteiger charge is -2.39. The summed E-state index contributed by atoms with van der Waals surface area (Å²) in [5.41, 5.74) is 8.67. The lowest BCUT2D eigenvalue weighted by atomic mass is 9.85. The van der Waals surface area contributed by atoms with Gasteiger partial charge in [-0.2, -0.15) is 0 Å². The van der Waals surface area contributed by atoms with Crippen molar-refractivity contribution in [3.05, 3.63) is 29.8 Å². The molecular formula is C18H31N3. The molecule has 1 fully saturated rings. The van der Waals surface area contributed by atoms with Gasteiger partial charge in [0.05, 0.1) is 0 Å². The minimum absolute atomic E-state index is 0.330. The van der Waals surface area contributed by atoms with E-state index in [0.29, 0.717) is 18.6 Å². The molecule has 1 aromatic carbocycles. The maximum Gasteiger partial charge on any atom is 0.0470 e. The largest absolute Gasteiger partial charge is 0.378 e. The van der Waals surface area contributed by atoms with Gasteiger partial charge in [0.1, 0.15) is 0 Å². The SMILES string of the molecule is CC1CCCC(N(C)C(CN)c2ccc(N(C)C)cc2)C1. The third kappa shape index (κ3) is 3.98. The van der Waals surface area contributed by atoms with Crippen molar-refractivity contribution < 1.29 is 0 Å². The quantitative estimate of drug-likeness (QED) is 0.903. The van der Waals surface area contributed by atoms with Gasteiger partial charge < -0.3 is 10.6 Å². The zero-order valence-corrected chi connectivity index (χ0v) is 14.0. The summed E-state index contributed by atoms with van der Waals surface area (Å²) in [5, 5.41) is 0. The molecule has 1 aliphatic carbocycles. The minimum Gasteiger partial charge on any atom is -0.378 e. The maximum absolute atomic E-state index is 6.09. The molecule has 118 valence electrons. The molecule has 0 radical (unpaired) electrons. The highest BCUT2D eigenvalue weighted by molar-refractivity contribution is 5.46. The summed E-state index contributed by atoms with van der Waals surface area (Å²) < 4.78 is 0. The van der Waals surface area contributed by atoms with Gasteiger partial charge in [0.2, 0.25) is 0 Å². The van der Waals surface area contributed by atoms with Gasteiger partial charge in [0.25, 0.3) is 0 Å². The number of likely N-dealkylation sites (N-methyl/N-ethyl adjacent to an activating group) is 1. The van der Waals surface area contributed by atoms with Crippen LogP contribution in [0.4, 0.5) is 5.69 Å². The van der Waals surface area contributed by atoms with Gasteiger partial charge in [-0.3, -0.25) is 4.90 Å². The van der Waals surface area contributed by atoms with Crippen LogP contribution in [-0.2, 0) is 0 Å². The van der Waals surface area contributed by atoms with Crippen molar-refractivity contribution >= 4 is 5.69 Å². The van der Waals surface area contributed by atoms with Crippen LogP contribution in [0, 0.1) is 5.92 Å². The number of nitrogens with two attached hydrogens (primary N) is 1. The molecule has 2 rings (SSSR count). The molecule has 21 heavy (non-hydrogen) atoms. The highest BCUT2D eigenvalue weighted by Gasteiger charge is 2.27. The van der Waals surface area contributed by atoms with Crippen LogP contribution in [0.2, 0.25) is 0 Å². The number of rotatable bonds is 5. The van der Waals surface area contributed by atoms with Crippen molar-refractivity contribution in [2.24, 2.45) is 11.7 Å². The third-order valence-electron chi connectivity index (χ3n) is 4.99. The Balaban J connectivity index is 2.10. The predicted molar refractivity (Wildman–Crippen MR) is 91.7 cm³/mol. The Morgan fingerprint density at radius 1 is 1.14 bits per heavy atom. The fourth-order valence-electron chi connectivity index (χ4n) is 3.56. The second-order valence-electron chi connectivity index (χ2n) is 6.83. The summed E-state index contributed by atoms with van der Waals surface area (Å²) in [6.07, 6.45) is 5.36. The first-order valence-electron chi connectivity index (χ1n) is 8.22. The Kier molecular flexibility index (Phi) is 5.65. The Bertz CT molecular complexity index is 427. The van der Waals surface area contributed by atoms with Crippen LogP contribution in [0.3, 0.4) is 0 Å². The van der Waals surface area contributed by atoms with Gasteiger partial charge in [-0.25, -0.2) is 0 Å². The number of nitrogens with zero attached hydrogens (tertiary/aromatic N) is 2. The fourth-order valence-corrected chi connectivity index (χ4v) is 3.56. The van der Waals surface area contributed by atoms with Gasteiger partial charge in [-0.05, 0) is 43.5 Å². The molecule has 1 saturated carbocycles. The minimum atomic E-state index is 0.330. The molecule has 1 aliphatic rings. The van der Waals surface area contributed by atoms with Crippen molar-refractivity contribution in [3.63, 3.8) is 0 Å². The van der Waals surface area contributed by atoms with Gasteiger partial charge in [0.15, 0.2) is 0 Å². The molecule has 2 N–H and O–H groups in total. The molecule has 0 amide bonds. The molecule has 1 aromatic rings. The van der Waals surface area contributed by atoms with Gasteiger partial charge in [-0.15, -0.1) is 0 Å². The normalized spacial score (nSPS) is 24.1. The molecule has 3 nitrogen and oxygen atoms in total. The van der Waals surface area contributed by atoms with Crippen molar-refractivity contribution in [1.82, 2.24) is 4.90 Å². The van der Waals surface area contributed by atoms with Crippen molar-refractivity contribution in [2.75, 3.05) is 32.6 Å². The lowest BCUT2D eigenvalue weighted by Crippen LogP contribution is -2.41. The summed E-state index contributed by atoms with van der Waals surface area (Å²) in [6, 6.07) is 9.85. The van der Waals surface area contributed by atoms with Crippen molar-refractivity contribution in [2.45, 2.75) is 44.7 Å². The van der Waals surface area contributed by atoms with Crippen molar-refractivity contribution in [1.29, 1.82) is 0 Å². The smallest absolute Gasteiger partial charge is 0.0470 e. The zero-order valence-electron chi connectivity index (χ0n) is 14.0. The molecule has 0 saturated heterocycles. The van der Waals surface area contributed by atoms with Gasteiger partial charge in [0, 0.05) is 38.4 Å². The zero-order chi connectivity index (χ0) is 15.4. The van der Waals surface area contributed by atoms with E-state index < -0.39 is 0 Å². The Hall–Kier alpha value is -1.06. The molecule has 0 aliphatic heterocycles.